The van der Waals surface area contributed by atoms with Crippen molar-refractivity contribution in [3.05, 3.63) is 29.8 Å². The molecule has 5 nitrogen and oxygen atoms in total. The molecule has 0 spiro atoms. The van der Waals surface area contributed by atoms with Gasteiger partial charge in [0.1, 0.15) is 5.75 Å². The molecule has 1 unspecified atom stereocenters. The molecular weight excluding hydrogens is 292 g/mol. The Hall–Kier alpha value is -2.03. The Balaban J connectivity index is 1.77. The second-order valence-electron chi connectivity index (χ2n) is 5.64. The Morgan fingerprint density at radius 2 is 1.96 bits per heavy atom. The molecule has 1 N–H and O–H groups in total. The maximum atomic E-state index is 12.2. The highest BCUT2D eigenvalue weighted by molar-refractivity contribution is 5.77. The van der Waals surface area contributed by atoms with Crippen LogP contribution in [0.3, 0.4) is 0 Å². The molecule has 1 fully saturated rings. The van der Waals surface area contributed by atoms with E-state index in [2.05, 4.69) is 10.8 Å². The molecule has 1 aliphatic heterocycles. The topological polar surface area (TPSA) is 53.0 Å². The van der Waals surface area contributed by atoms with Crippen molar-refractivity contribution in [1.82, 2.24) is 9.80 Å². The van der Waals surface area contributed by atoms with E-state index in [0.717, 1.165) is 18.7 Å². The van der Waals surface area contributed by atoms with Crippen molar-refractivity contribution in [2.45, 2.75) is 19.4 Å². The molecule has 0 aliphatic carbocycles. The number of hydrogen-bond donors (Lipinski definition) is 1. The maximum Gasteiger partial charge on any atom is 0.260 e. The van der Waals surface area contributed by atoms with Crippen molar-refractivity contribution < 1.29 is 14.6 Å². The van der Waals surface area contributed by atoms with Crippen LogP contribution >= 0.6 is 0 Å². The molecule has 0 radical (unpaired) electrons. The summed E-state index contributed by atoms with van der Waals surface area (Å²) < 4.78 is 5.54. The summed E-state index contributed by atoms with van der Waals surface area (Å²) in [6.45, 7) is 5.58. The van der Waals surface area contributed by atoms with E-state index in [1.165, 1.54) is 0 Å². The highest BCUT2D eigenvalue weighted by Gasteiger charge is 2.20. The van der Waals surface area contributed by atoms with Crippen molar-refractivity contribution in [1.29, 1.82) is 0 Å². The van der Waals surface area contributed by atoms with E-state index in [1.807, 2.05) is 24.0 Å². The summed E-state index contributed by atoms with van der Waals surface area (Å²) in [7, 11) is 0. The lowest BCUT2D eigenvalue weighted by Gasteiger charge is -2.33. The number of aliphatic hydroxyl groups is 1. The van der Waals surface area contributed by atoms with Crippen LogP contribution in [-0.4, -0.2) is 60.1 Å². The van der Waals surface area contributed by atoms with Gasteiger partial charge in [0, 0.05) is 26.2 Å². The Kier molecular flexibility index (Phi) is 6.45. The molecule has 1 aromatic carbocycles. The summed E-state index contributed by atoms with van der Waals surface area (Å²) in [5, 5.41) is 9.75. The first-order valence-electron chi connectivity index (χ1n) is 7.98. The number of carbonyl (C=O) groups excluding carboxylic acids is 1. The Labute approximate surface area is 137 Å². The molecule has 1 atom stereocenters. The van der Waals surface area contributed by atoms with E-state index in [4.69, 9.17) is 11.2 Å². The molecule has 1 amide bonds. The normalized spacial score (nSPS) is 16.7. The highest BCUT2D eigenvalue weighted by Crippen LogP contribution is 2.19. The third-order valence-electron chi connectivity index (χ3n) is 4.05. The minimum atomic E-state index is -0.454. The van der Waals surface area contributed by atoms with Crippen LogP contribution in [0.15, 0.2) is 24.3 Å². The minimum absolute atomic E-state index is 0.0111. The fourth-order valence-corrected chi connectivity index (χ4v) is 2.54. The first-order chi connectivity index (χ1) is 11.1. The van der Waals surface area contributed by atoms with Crippen molar-refractivity contribution in [2.24, 2.45) is 0 Å². The van der Waals surface area contributed by atoms with E-state index in [0.29, 0.717) is 31.8 Å². The number of hydrogen-bond acceptors (Lipinski definition) is 4. The van der Waals surface area contributed by atoms with Gasteiger partial charge < -0.3 is 14.7 Å². The van der Waals surface area contributed by atoms with Gasteiger partial charge in [-0.05, 0) is 24.1 Å². The van der Waals surface area contributed by atoms with Gasteiger partial charge in [-0.2, -0.15) is 0 Å². The van der Waals surface area contributed by atoms with Gasteiger partial charge in [0.05, 0.1) is 12.6 Å². The monoisotopic (exact) mass is 316 g/mol. The number of piperazine rings is 1. The molecule has 1 heterocycles. The number of carbonyl (C=O) groups is 1. The van der Waals surface area contributed by atoms with Gasteiger partial charge >= 0.3 is 0 Å². The zero-order chi connectivity index (χ0) is 16.7. The summed E-state index contributed by atoms with van der Waals surface area (Å²) in [5.41, 5.74) is 0.857. The molecule has 1 aromatic rings. The predicted octanol–water partition coefficient (Wildman–Crippen LogP) is 1.29. The van der Waals surface area contributed by atoms with Crippen molar-refractivity contribution in [2.75, 3.05) is 39.3 Å². The summed E-state index contributed by atoms with van der Waals surface area (Å²) in [6, 6.07) is 7.22. The van der Waals surface area contributed by atoms with Crippen LogP contribution in [0.2, 0.25) is 0 Å². The van der Waals surface area contributed by atoms with Crippen molar-refractivity contribution in [3.8, 4) is 18.1 Å². The summed E-state index contributed by atoms with van der Waals surface area (Å²) in [5.74, 6) is 3.25. The summed E-state index contributed by atoms with van der Waals surface area (Å²) in [4.78, 5) is 16.1. The van der Waals surface area contributed by atoms with Crippen LogP contribution < -0.4 is 4.74 Å². The maximum absolute atomic E-state index is 12.2. The van der Waals surface area contributed by atoms with Gasteiger partial charge in [-0.1, -0.05) is 25.0 Å². The van der Waals surface area contributed by atoms with Crippen LogP contribution in [0.5, 0.6) is 5.75 Å². The second kappa shape index (κ2) is 8.56. The Morgan fingerprint density at radius 3 is 2.52 bits per heavy atom. The van der Waals surface area contributed by atoms with E-state index in [9.17, 15) is 9.90 Å². The SMILES string of the molecule is C#CCN1CCN(C(=O)COc2ccc(C(O)CC)cc2)CC1. The average molecular weight is 316 g/mol. The van der Waals surface area contributed by atoms with Crippen molar-refractivity contribution in [3.63, 3.8) is 0 Å². The summed E-state index contributed by atoms with van der Waals surface area (Å²) in [6.07, 6.45) is 5.51. The van der Waals surface area contributed by atoms with Gasteiger partial charge in [-0.25, -0.2) is 0 Å². The molecule has 1 saturated heterocycles. The number of nitrogens with zero attached hydrogens (tertiary/aromatic N) is 2. The van der Waals surface area contributed by atoms with Crippen molar-refractivity contribution >= 4 is 5.91 Å². The van der Waals surface area contributed by atoms with Crippen LogP contribution in [0.4, 0.5) is 0 Å². The zero-order valence-electron chi connectivity index (χ0n) is 13.6. The summed E-state index contributed by atoms with van der Waals surface area (Å²) >= 11 is 0. The quantitative estimate of drug-likeness (QED) is 0.804. The van der Waals surface area contributed by atoms with Gasteiger partial charge in [0.15, 0.2) is 6.61 Å². The molecule has 124 valence electrons. The molecule has 2 rings (SSSR count). The Morgan fingerprint density at radius 1 is 1.30 bits per heavy atom. The second-order valence-corrected chi connectivity index (χ2v) is 5.64. The first-order valence-corrected chi connectivity index (χ1v) is 7.98. The molecule has 1 aliphatic rings. The highest BCUT2D eigenvalue weighted by atomic mass is 16.5. The number of benzene rings is 1. The van der Waals surface area contributed by atoms with E-state index >= 15 is 0 Å². The third kappa shape index (κ3) is 4.98. The number of rotatable bonds is 6. The van der Waals surface area contributed by atoms with Gasteiger partial charge in [0.2, 0.25) is 0 Å². The standard InChI is InChI=1S/C18H24N2O3/c1-3-9-19-10-12-20(13-11-19)18(22)14-23-16-7-5-15(6-8-16)17(21)4-2/h1,5-8,17,21H,4,9-14H2,2H3. The number of aliphatic hydroxyl groups excluding tert-OH is 1. The number of amides is 1. The van der Waals surface area contributed by atoms with E-state index < -0.39 is 6.10 Å². The van der Waals surface area contributed by atoms with E-state index in [-0.39, 0.29) is 12.5 Å². The fourth-order valence-electron chi connectivity index (χ4n) is 2.54. The number of terminal acetylenes is 1. The largest absolute Gasteiger partial charge is 0.484 e. The molecule has 5 heteroatoms. The lowest BCUT2D eigenvalue weighted by atomic mass is 10.1. The third-order valence-corrected chi connectivity index (χ3v) is 4.05. The van der Waals surface area contributed by atoms with Gasteiger partial charge in [0.25, 0.3) is 5.91 Å². The molecule has 0 bridgehead atoms. The lowest BCUT2D eigenvalue weighted by molar-refractivity contribution is -0.135. The minimum Gasteiger partial charge on any atom is -0.484 e. The van der Waals surface area contributed by atoms with Crippen LogP contribution in [0.1, 0.15) is 25.0 Å². The van der Waals surface area contributed by atoms with Crippen LogP contribution in [-0.2, 0) is 4.79 Å². The number of ether oxygens (including phenoxy) is 1. The first kappa shape index (κ1) is 17.3. The lowest BCUT2D eigenvalue weighted by Crippen LogP contribution is -2.49. The van der Waals surface area contributed by atoms with Gasteiger partial charge in [-0.3, -0.25) is 9.69 Å². The molecule has 23 heavy (non-hydrogen) atoms. The average Bonchev–Trinajstić information content (AvgIpc) is 2.60. The zero-order valence-corrected chi connectivity index (χ0v) is 13.6. The predicted molar refractivity (Wildman–Crippen MR) is 89.0 cm³/mol. The van der Waals surface area contributed by atoms with Crippen LogP contribution in [0.25, 0.3) is 0 Å². The smallest absolute Gasteiger partial charge is 0.260 e. The fraction of sp³-hybridized carbons (Fsp3) is 0.500. The van der Waals surface area contributed by atoms with E-state index in [1.54, 1.807) is 12.1 Å². The van der Waals surface area contributed by atoms with Gasteiger partial charge in [-0.15, -0.1) is 6.42 Å². The Bertz CT molecular complexity index is 542. The molecule has 0 aromatic heterocycles. The molecular formula is C18H24N2O3. The van der Waals surface area contributed by atoms with Crippen LogP contribution in [0, 0.1) is 12.3 Å². The molecule has 0 saturated carbocycles.